The van der Waals surface area contributed by atoms with E-state index >= 15 is 0 Å². The van der Waals surface area contributed by atoms with Crippen molar-refractivity contribution in [2.45, 2.75) is 25.1 Å². The summed E-state index contributed by atoms with van der Waals surface area (Å²) in [5.41, 5.74) is 0.483. The third-order valence-electron chi connectivity index (χ3n) is 3.92. The van der Waals surface area contributed by atoms with Crippen molar-refractivity contribution < 1.29 is 31.8 Å². The first kappa shape index (κ1) is 19.7. The van der Waals surface area contributed by atoms with E-state index in [2.05, 4.69) is 4.90 Å². The molecule has 142 valence electrons. The van der Waals surface area contributed by atoms with Gasteiger partial charge in [-0.2, -0.15) is 22.0 Å². The molecule has 0 radical (unpaired) electrons. The summed E-state index contributed by atoms with van der Waals surface area (Å²) in [5.74, 6) is -4.91. The number of piperazine rings is 1. The fraction of sp³-hybridized carbons (Fsp3) is 0.625. The highest BCUT2D eigenvalue weighted by molar-refractivity contribution is 5.58. The second-order valence-corrected chi connectivity index (χ2v) is 6.10. The quantitative estimate of drug-likeness (QED) is 0.784. The van der Waals surface area contributed by atoms with Crippen molar-refractivity contribution in [3.05, 3.63) is 24.3 Å². The number of alkyl halides is 5. The van der Waals surface area contributed by atoms with Gasteiger partial charge in [0.2, 0.25) is 0 Å². The van der Waals surface area contributed by atoms with Crippen molar-refractivity contribution in [3.8, 4) is 5.75 Å². The molecule has 1 unspecified atom stereocenters. The molecule has 1 aromatic carbocycles. The molecule has 1 fully saturated rings. The average molecular weight is 368 g/mol. The third kappa shape index (κ3) is 5.18. The highest BCUT2D eigenvalue weighted by Gasteiger charge is 2.58. The Morgan fingerprint density at radius 1 is 1.08 bits per heavy atom. The van der Waals surface area contributed by atoms with E-state index < -0.39 is 24.8 Å². The third-order valence-corrected chi connectivity index (χ3v) is 3.92. The highest BCUT2D eigenvalue weighted by atomic mass is 19.4. The molecule has 4 nitrogen and oxygen atoms in total. The van der Waals surface area contributed by atoms with Gasteiger partial charge in [0.1, 0.15) is 5.75 Å². The number of benzene rings is 1. The van der Waals surface area contributed by atoms with Crippen LogP contribution in [-0.4, -0.2) is 67.5 Å². The predicted molar refractivity (Wildman–Crippen MR) is 83.3 cm³/mol. The smallest absolute Gasteiger partial charge is 0.456 e. The fourth-order valence-corrected chi connectivity index (χ4v) is 2.64. The van der Waals surface area contributed by atoms with E-state index in [1.807, 2.05) is 4.90 Å². The first-order valence-corrected chi connectivity index (χ1v) is 7.92. The maximum atomic E-state index is 13.1. The number of β-amino-alcohol motifs (C(OH)–C–C–N with tert-alkyl or cyclic N) is 1. The monoisotopic (exact) mass is 368 g/mol. The molecular weight excluding hydrogens is 347 g/mol. The zero-order chi connectivity index (χ0) is 18.7. The first-order chi connectivity index (χ1) is 11.6. The van der Waals surface area contributed by atoms with E-state index in [0.29, 0.717) is 38.4 Å². The van der Waals surface area contributed by atoms with Crippen LogP contribution in [0.5, 0.6) is 5.75 Å². The van der Waals surface area contributed by atoms with Gasteiger partial charge in [-0.15, -0.1) is 0 Å². The van der Waals surface area contributed by atoms with Gasteiger partial charge < -0.3 is 14.7 Å². The molecule has 0 bridgehead atoms. The van der Waals surface area contributed by atoms with Gasteiger partial charge in [-0.3, -0.25) is 4.90 Å². The van der Waals surface area contributed by atoms with Gasteiger partial charge in [0.15, 0.2) is 6.61 Å². The molecule has 0 amide bonds. The lowest BCUT2D eigenvalue weighted by Crippen LogP contribution is -2.48. The Labute approximate surface area is 142 Å². The van der Waals surface area contributed by atoms with E-state index in [1.165, 1.54) is 12.1 Å². The average Bonchev–Trinajstić information content (AvgIpc) is 2.52. The van der Waals surface area contributed by atoms with Crippen molar-refractivity contribution in [2.75, 3.05) is 44.2 Å². The second kappa shape index (κ2) is 7.74. The lowest BCUT2D eigenvalue weighted by molar-refractivity contribution is -0.289. The molecule has 1 aliphatic rings. The number of nitrogens with zero attached hydrogens (tertiary/aromatic N) is 2. The van der Waals surface area contributed by atoms with Crippen molar-refractivity contribution in [2.24, 2.45) is 0 Å². The maximum Gasteiger partial charge on any atom is 0.456 e. The largest absolute Gasteiger partial charge is 0.485 e. The summed E-state index contributed by atoms with van der Waals surface area (Å²) in [4.78, 5) is 3.93. The number of anilines is 1. The Morgan fingerprint density at radius 2 is 1.68 bits per heavy atom. The molecule has 1 saturated heterocycles. The van der Waals surface area contributed by atoms with Crippen LogP contribution in [0.25, 0.3) is 0 Å². The zero-order valence-corrected chi connectivity index (χ0v) is 13.8. The number of hydrogen-bond acceptors (Lipinski definition) is 4. The molecule has 0 aromatic heterocycles. The number of aliphatic hydroxyl groups excluding tert-OH is 1. The first-order valence-electron chi connectivity index (χ1n) is 7.92. The standard InChI is InChI=1S/C16H21F5N2O2/c1-12(24)10-22-6-8-23(9-7-22)13-4-2-3-5-14(13)25-11-15(17,18)16(19,20)21/h2-5,12,24H,6-11H2,1H3. The molecule has 2 rings (SSSR count). The minimum atomic E-state index is -5.64. The molecule has 1 aromatic rings. The van der Waals surface area contributed by atoms with Crippen LogP contribution in [0, 0.1) is 0 Å². The van der Waals surface area contributed by atoms with Gasteiger partial charge in [-0.1, -0.05) is 12.1 Å². The maximum absolute atomic E-state index is 13.1. The second-order valence-electron chi connectivity index (χ2n) is 6.10. The van der Waals surface area contributed by atoms with E-state index in [4.69, 9.17) is 4.74 Å². The van der Waals surface area contributed by atoms with Crippen LogP contribution in [0.1, 0.15) is 6.92 Å². The normalized spacial score (nSPS) is 18.3. The lowest BCUT2D eigenvalue weighted by Gasteiger charge is -2.37. The Balaban J connectivity index is 2.02. The van der Waals surface area contributed by atoms with Crippen LogP contribution in [0.4, 0.5) is 27.6 Å². The van der Waals surface area contributed by atoms with E-state index in [0.717, 1.165) is 0 Å². The molecule has 25 heavy (non-hydrogen) atoms. The van der Waals surface area contributed by atoms with Crippen molar-refractivity contribution in [1.82, 2.24) is 4.90 Å². The summed E-state index contributed by atoms with van der Waals surface area (Å²) in [6, 6.07) is 6.20. The van der Waals surface area contributed by atoms with Crippen LogP contribution >= 0.6 is 0 Å². The van der Waals surface area contributed by atoms with Gasteiger partial charge >= 0.3 is 12.1 Å². The van der Waals surface area contributed by atoms with Gasteiger partial charge in [0, 0.05) is 32.7 Å². The Hall–Kier alpha value is -1.61. The topological polar surface area (TPSA) is 35.9 Å². The molecule has 0 spiro atoms. The van der Waals surface area contributed by atoms with Gasteiger partial charge in [0.25, 0.3) is 0 Å². The predicted octanol–water partition coefficient (Wildman–Crippen LogP) is 2.77. The van der Waals surface area contributed by atoms with Gasteiger partial charge in [0.05, 0.1) is 11.8 Å². The molecule has 1 atom stereocenters. The number of hydrogen-bond donors (Lipinski definition) is 1. The molecule has 1 N–H and O–H groups in total. The number of ether oxygens (including phenoxy) is 1. The minimum Gasteiger partial charge on any atom is -0.485 e. The van der Waals surface area contributed by atoms with Crippen LogP contribution in [0.3, 0.4) is 0 Å². The summed E-state index contributed by atoms with van der Waals surface area (Å²) in [6.45, 7) is 2.89. The molecule has 0 saturated carbocycles. The number of rotatable bonds is 6. The van der Waals surface area contributed by atoms with Crippen LogP contribution in [0.15, 0.2) is 24.3 Å². The number of aliphatic hydroxyl groups is 1. The lowest BCUT2D eigenvalue weighted by atomic mass is 10.2. The molecule has 0 aliphatic carbocycles. The van der Waals surface area contributed by atoms with Crippen molar-refractivity contribution in [3.63, 3.8) is 0 Å². The fourth-order valence-electron chi connectivity index (χ4n) is 2.64. The van der Waals surface area contributed by atoms with Crippen molar-refractivity contribution in [1.29, 1.82) is 0 Å². The molecule has 1 aliphatic heterocycles. The van der Waals surface area contributed by atoms with Crippen LogP contribution < -0.4 is 9.64 Å². The Bertz CT molecular complexity index is 558. The summed E-state index contributed by atoms with van der Waals surface area (Å²) in [6.07, 6.45) is -6.10. The minimum absolute atomic E-state index is 0.00426. The zero-order valence-electron chi connectivity index (χ0n) is 13.8. The summed E-state index contributed by atoms with van der Waals surface area (Å²) < 4.78 is 67.8. The van der Waals surface area contributed by atoms with Gasteiger partial charge in [-0.05, 0) is 19.1 Å². The van der Waals surface area contributed by atoms with Crippen LogP contribution in [-0.2, 0) is 0 Å². The molecule has 1 heterocycles. The van der Waals surface area contributed by atoms with E-state index in [9.17, 15) is 27.1 Å². The number of halogens is 5. The summed E-state index contributed by atoms with van der Waals surface area (Å²) in [7, 11) is 0. The van der Waals surface area contributed by atoms with Crippen molar-refractivity contribution >= 4 is 5.69 Å². The van der Waals surface area contributed by atoms with E-state index in [1.54, 1.807) is 19.1 Å². The highest BCUT2D eigenvalue weighted by Crippen LogP contribution is 2.37. The Morgan fingerprint density at radius 3 is 2.24 bits per heavy atom. The van der Waals surface area contributed by atoms with Crippen LogP contribution in [0.2, 0.25) is 0 Å². The van der Waals surface area contributed by atoms with E-state index in [-0.39, 0.29) is 5.75 Å². The molecule has 9 heteroatoms. The molecular formula is C16H21F5N2O2. The Kier molecular flexibility index (Phi) is 6.10. The SMILES string of the molecule is CC(O)CN1CCN(c2ccccc2OCC(F)(F)C(F)(F)F)CC1. The summed E-state index contributed by atoms with van der Waals surface area (Å²) in [5, 5.41) is 9.41. The number of para-hydroxylation sites is 2. The van der Waals surface area contributed by atoms with Gasteiger partial charge in [-0.25, -0.2) is 0 Å². The summed E-state index contributed by atoms with van der Waals surface area (Å²) >= 11 is 0.